The van der Waals surface area contributed by atoms with Crippen LogP contribution in [-0.4, -0.2) is 25.5 Å². The molecule has 0 bridgehead atoms. The number of hydrogen-bond donors (Lipinski definition) is 1. The molecule has 2 nitrogen and oxygen atoms in total. The molecule has 0 saturated heterocycles. The molecule has 0 radical (unpaired) electrons. The second-order valence-corrected chi connectivity index (χ2v) is 4.24. The Labute approximate surface area is 72.3 Å². The van der Waals surface area contributed by atoms with E-state index in [9.17, 15) is 0 Å². The molecule has 0 aromatic rings. The maximum Gasteiger partial charge on any atom is 0.0797 e. The third kappa shape index (κ3) is 6.74. The predicted octanol–water partition coefficient (Wildman–Crippen LogP) is 1.61. The summed E-state index contributed by atoms with van der Waals surface area (Å²) in [6.07, 6.45) is 2.12. The van der Waals surface area contributed by atoms with Crippen LogP contribution < -0.4 is 5.32 Å². The van der Waals surface area contributed by atoms with Crippen molar-refractivity contribution >= 4 is 9.24 Å². The average Bonchev–Trinajstić information content (AvgIpc) is 1.97. The van der Waals surface area contributed by atoms with E-state index >= 15 is 0 Å². The van der Waals surface area contributed by atoms with Gasteiger partial charge in [0.05, 0.1) is 5.34 Å². The van der Waals surface area contributed by atoms with Gasteiger partial charge in [-0.05, 0) is 33.4 Å². The molecule has 2 unspecified atom stereocenters. The number of rotatable bonds is 6. The largest absolute Gasteiger partial charge is 0.371 e. The van der Waals surface area contributed by atoms with E-state index < -0.39 is 0 Å². The molecule has 0 aromatic carbocycles. The van der Waals surface area contributed by atoms with E-state index in [0.717, 1.165) is 26.0 Å². The van der Waals surface area contributed by atoms with Gasteiger partial charge in [-0.25, -0.2) is 0 Å². The van der Waals surface area contributed by atoms with Gasteiger partial charge in [-0.15, -0.1) is 9.24 Å². The fraction of sp³-hybridized carbons (Fsp3) is 1.00. The second-order valence-electron chi connectivity index (χ2n) is 3.01. The van der Waals surface area contributed by atoms with Gasteiger partial charge in [-0.3, -0.25) is 0 Å². The summed E-state index contributed by atoms with van der Waals surface area (Å²) in [7, 11) is 4.71. The van der Waals surface area contributed by atoms with Crippen LogP contribution in [0, 0.1) is 0 Å². The van der Waals surface area contributed by atoms with E-state index in [1.54, 1.807) is 0 Å². The Bertz CT molecular complexity index is 86.1. The molecule has 0 rings (SSSR count). The van der Waals surface area contributed by atoms with Gasteiger partial charge in [0.15, 0.2) is 0 Å². The highest BCUT2D eigenvalue weighted by molar-refractivity contribution is 7.18. The molecule has 11 heavy (non-hydrogen) atoms. The van der Waals surface area contributed by atoms with Crippen LogP contribution in [0.2, 0.25) is 0 Å². The van der Waals surface area contributed by atoms with Crippen molar-refractivity contribution in [1.29, 1.82) is 0 Å². The summed E-state index contributed by atoms with van der Waals surface area (Å²) < 4.78 is 5.60. The molecular formula is C8H20NOP. The summed E-state index contributed by atoms with van der Waals surface area (Å²) >= 11 is 0. The lowest BCUT2D eigenvalue weighted by Gasteiger charge is -2.24. The topological polar surface area (TPSA) is 21.3 Å². The summed E-state index contributed by atoms with van der Waals surface area (Å²) in [5.41, 5.74) is 0. The summed E-state index contributed by atoms with van der Waals surface area (Å²) in [6, 6.07) is 0. The van der Waals surface area contributed by atoms with Gasteiger partial charge in [0.2, 0.25) is 0 Å². The van der Waals surface area contributed by atoms with Crippen LogP contribution in [0.1, 0.15) is 26.7 Å². The quantitative estimate of drug-likeness (QED) is 0.622. The molecule has 0 fully saturated rings. The van der Waals surface area contributed by atoms with E-state index in [1.807, 2.05) is 7.05 Å². The maximum atomic E-state index is 5.60. The third-order valence-corrected chi connectivity index (χ3v) is 1.96. The van der Waals surface area contributed by atoms with Gasteiger partial charge >= 0.3 is 0 Å². The Morgan fingerprint density at radius 3 is 2.64 bits per heavy atom. The minimum absolute atomic E-state index is 0.0426. The van der Waals surface area contributed by atoms with Crippen LogP contribution >= 0.6 is 9.24 Å². The van der Waals surface area contributed by atoms with E-state index in [4.69, 9.17) is 4.74 Å². The van der Waals surface area contributed by atoms with Crippen LogP contribution in [0.4, 0.5) is 0 Å². The molecule has 1 N–H and O–H groups in total. The predicted molar refractivity (Wildman–Crippen MR) is 52.9 cm³/mol. The lowest BCUT2D eigenvalue weighted by atomic mass is 10.2. The van der Waals surface area contributed by atoms with Gasteiger partial charge in [0, 0.05) is 6.61 Å². The van der Waals surface area contributed by atoms with Crippen molar-refractivity contribution in [2.24, 2.45) is 0 Å². The van der Waals surface area contributed by atoms with Crippen molar-refractivity contribution in [2.75, 3.05) is 20.2 Å². The highest BCUT2D eigenvalue weighted by Crippen LogP contribution is 2.23. The zero-order valence-corrected chi connectivity index (χ0v) is 8.97. The molecular weight excluding hydrogens is 157 g/mol. The molecule has 68 valence electrons. The summed E-state index contributed by atoms with van der Waals surface area (Å²) in [4.78, 5) is 0. The van der Waals surface area contributed by atoms with Crippen LogP contribution in [-0.2, 0) is 4.74 Å². The Kier molecular flexibility index (Phi) is 6.12. The van der Waals surface area contributed by atoms with Gasteiger partial charge in [0.25, 0.3) is 0 Å². The van der Waals surface area contributed by atoms with Gasteiger partial charge in [-0.1, -0.05) is 6.92 Å². The monoisotopic (exact) mass is 177 g/mol. The first-order chi connectivity index (χ1) is 5.12. The van der Waals surface area contributed by atoms with Crippen LogP contribution in [0.5, 0.6) is 0 Å². The molecule has 0 aliphatic carbocycles. The Hall–Kier alpha value is 0.350. The fourth-order valence-electron chi connectivity index (χ4n) is 0.781. The molecule has 0 aliphatic heterocycles. The molecule has 0 spiro atoms. The van der Waals surface area contributed by atoms with Crippen LogP contribution in [0.25, 0.3) is 0 Å². The Morgan fingerprint density at radius 1 is 1.55 bits per heavy atom. The van der Waals surface area contributed by atoms with Gasteiger partial charge in [0.1, 0.15) is 0 Å². The first kappa shape index (κ1) is 11.4. The zero-order valence-electron chi connectivity index (χ0n) is 7.81. The second kappa shape index (κ2) is 5.93. The van der Waals surface area contributed by atoms with Crippen LogP contribution in [0.3, 0.4) is 0 Å². The molecule has 2 atom stereocenters. The van der Waals surface area contributed by atoms with Gasteiger partial charge in [-0.2, -0.15) is 0 Å². The maximum absolute atomic E-state index is 5.60. The molecule has 0 aromatic heterocycles. The van der Waals surface area contributed by atoms with Crippen molar-refractivity contribution in [3.8, 4) is 0 Å². The first-order valence-electron chi connectivity index (χ1n) is 4.20. The number of ether oxygens (including phenoxy) is 1. The lowest BCUT2D eigenvalue weighted by Crippen LogP contribution is -2.26. The van der Waals surface area contributed by atoms with Crippen LogP contribution in [0.15, 0.2) is 0 Å². The molecule has 0 aliphatic rings. The SMILES string of the molecule is CCCOC(C)(P)CCNC. The van der Waals surface area contributed by atoms with Crippen molar-refractivity contribution in [3.63, 3.8) is 0 Å². The first-order valence-corrected chi connectivity index (χ1v) is 4.77. The number of hydrogen-bond acceptors (Lipinski definition) is 2. The van der Waals surface area contributed by atoms with E-state index in [-0.39, 0.29) is 5.34 Å². The van der Waals surface area contributed by atoms with Crippen molar-refractivity contribution in [2.45, 2.75) is 32.0 Å². The van der Waals surface area contributed by atoms with Crippen molar-refractivity contribution in [1.82, 2.24) is 5.32 Å². The van der Waals surface area contributed by atoms with Crippen molar-refractivity contribution < 1.29 is 4.74 Å². The smallest absolute Gasteiger partial charge is 0.0797 e. The average molecular weight is 177 g/mol. The minimum Gasteiger partial charge on any atom is -0.371 e. The highest BCUT2D eigenvalue weighted by atomic mass is 31.0. The zero-order chi connectivity index (χ0) is 8.74. The number of nitrogens with one attached hydrogen (secondary N) is 1. The standard InChI is InChI=1S/C8H20NOP/c1-4-7-10-8(2,11)5-6-9-3/h9H,4-7,11H2,1-3H3. The van der Waals surface area contributed by atoms with E-state index in [1.165, 1.54) is 0 Å². The normalized spacial score (nSPS) is 16.4. The molecule has 0 heterocycles. The minimum atomic E-state index is -0.0426. The molecule has 0 saturated carbocycles. The van der Waals surface area contributed by atoms with E-state index in [2.05, 4.69) is 28.4 Å². The summed E-state index contributed by atoms with van der Waals surface area (Å²) in [5.74, 6) is 0. The summed E-state index contributed by atoms with van der Waals surface area (Å²) in [5, 5.41) is 3.06. The van der Waals surface area contributed by atoms with E-state index in [0.29, 0.717) is 0 Å². The molecule has 3 heteroatoms. The Morgan fingerprint density at radius 2 is 2.18 bits per heavy atom. The van der Waals surface area contributed by atoms with Crippen molar-refractivity contribution in [3.05, 3.63) is 0 Å². The Balaban J connectivity index is 3.43. The van der Waals surface area contributed by atoms with Gasteiger partial charge < -0.3 is 10.1 Å². The highest BCUT2D eigenvalue weighted by Gasteiger charge is 2.16. The fourth-order valence-corrected chi connectivity index (χ4v) is 1.04. The molecule has 0 amide bonds. The summed E-state index contributed by atoms with van der Waals surface area (Å²) in [6.45, 7) is 6.08. The lowest BCUT2D eigenvalue weighted by molar-refractivity contribution is 0.0331. The third-order valence-electron chi connectivity index (χ3n) is 1.51.